The number of nitrogens with one attached hydrogen (secondary N) is 5. The highest BCUT2D eigenvalue weighted by Gasteiger charge is 2.48. The van der Waals surface area contributed by atoms with Crippen LogP contribution in [0.3, 0.4) is 0 Å². The van der Waals surface area contributed by atoms with Gasteiger partial charge in [-0.25, -0.2) is 24.3 Å². The van der Waals surface area contributed by atoms with Gasteiger partial charge in [-0.1, -0.05) is 60.7 Å². The standard InChI is InChI=1S/C37H36FN7O3.C33H34N6O2.C31H31N7O2S/c1-48-24-37(32(46)21-30-11-12-31-35(41-30)34(43-42-31)27-7-9-29(38)10-8-27)15-20-44(23-37)22-33(47)45-18-13-26(14-19-45)25-3-5-28(6-4-25)36-39-16-2-17-40-36;1-3-13-33(14-18-38(22-33)21-30(40)39-16-11-25(12-17-39)24-6-4-5-7-24)32(41)35-27-8-9-29-28(20-27)31(37-36-29)26-10-15-34-23(2)19-26;1-3-9-31(10-15-37(20-31)19-27(39)38-13-7-22(8-14-38)29-33-12-16-41-29)30(40)34-24-4-5-26-25(18-24)28(36-35-26)23-6-11-32-21(2)17-23/h2-13,16-17H,14-15,18-24H2,1H3,(H,42,43);1,4,6-11,15,19-20H,5,12-14,16-18,21-22H2,2H3,(H,35,41)(H,36,37);1,4-7,11-12,16-18H,8-10,13-15,19-20H2,2H3,(H,34,40)(H,35,36)/t37-;;/m1../s1. The number of aryl methyl sites for hydroxylation is 2. The zero-order valence-electron chi connectivity index (χ0n) is 72.9. The smallest absolute Gasteiger partial charge is 0.237 e. The maximum atomic E-state index is 13.9. The Morgan fingerprint density at radius 1 is 0.515 bits per heavy atom. The van der Waals surface area contributed by atoms with Crippen LogP contribution in [0.4, 0.5) is 15.8 Å². The fourth-order valence-electron chi connectivity index (χ4n) is 18.6. The summed E-state index contributed by atoms with van der Waals surface area (Å²) in [4.78, 5) is 119. The van der Waals surface area contributed by atoms with E-state index in [4.69, 9.17) is 22.6 Å². The second-order valence-corrected chi connectivity index (χ2v) is 35.4. The number of ketones is 1. The van der Waals surface area contributed by atoms with Crippen molar-refractivity contribution in [2.24, 2.45) is 16.2 Å². The van der Waals surface area contributed by atoms with Crippen LogP contribution in [0.1, 0.15) is 85.4 Å². The van der Waals surface area contributed by atoms with Crippen LogP contribution < -0.4 is 10.6 Å². The third kappa shape index (κ3) is 19.8. The Labute approximate surface area is 756 Å². The number of hydrogen-bond acceptors (Lipinski definition) is 20. The molecule has 130 heavy (non-hydrogen) atoms. The minimum Gasteiger partial charge on any atom is -0.384 e. The number of aromatic nitrogens is 12. The van der Waals surface area contributed by atoms with Crippen LogP contribution in [-0.2, 0) is 39.9 Å². The van der Waals surface area contributed by atoms with E-state index in [9.17, 15) is 33.2 Å². The lowest BCUT2D eigenvalue weighted by Gasteiger charge is -2.30. The van der Waals surface area contributed by atoms with E-state index in [1.807, 2.05) is 119 Å². The number of ether oxygens (including phenoxy) is 1. The second-order valence-electron chi connectivity index (χ2n) is 34.5. The molecule has 3 fully saturated rings. The van der Waals surface area contributed by atoms with Crippen molar-refractivity contribution in [3.8, 4) is 69.8 Å². The molecule has 2 unspecified atom stereocenters. The minimum absolute atomic E-state index is 0.0355. The highest BCUT2D eigenvalue weighted by atomic mass is 32.1. The Morgan fingerprint density at radius 3 is 1.52 bits per heavy atom. The van der Waals surface area contributed by atoms with Crippen LogP contribution in [0.15, 0.2) is 211 Å². The summed E-state index contributed by atoms with van der Waals surface area (Å²) in [5, 5.41) is 33.6. The molecular formula is C101H101FN20O7S. The number of halogens is 1. The summed E-state index contributed by atoms with van der Waals surface area (Å²) in [6, 6.07) is 39.1. The van der Waals surface area contributed by atoms with Crippen LogP contribution in [0.25, 0.3) is 89.1 Å². The van der Waals surface area contributed by atoms with Crippen molar-refractivity contribution in [1.82, 2.24) is 89.9 Å². The summed E-state index contributed by atoms with van der Waals surface area (Å²) in [7, 11) is 1.61. The number of terminal acetylenes is 2. The highest BCUT2D eigenvalue weighted by Crippen LogP contribution is 2.41. The average Bonchev–Trinajstić information content (AvgIpc) is 1.64. The van der Waals surface area contributed by atoms with Gasteiger partial charge < -0.3 is 30.1 Å². The van der Waals surface area contributed by atoms with E-state index < -0.39 is 16.2 Å². The number of hydrogen-bond donors (Lipinski definition) is 5. The molecule has 3 saturated heterocycles. The van der Waals surface area contributed by atoms with Gasteiger partial charge in [-0.3, -0.25) is 68.7 Å². The van der Waals surface area contributed by atoms with Gasteiger partial charge in [0.05, 0.1) is 59.0 Å². The quantitative estimate of drug-likeness (QED) is 0.0351. The number of methoxy groups -OCH3 is 1. The van der Waals surface area contributed by atoms with Crippen LogP contribution in [0.5, 0.6) is 0 Å². The normalized spacial score (nSPS) is 19.3. The van der Waals surface area contributed by atoms with Crippen molar-refractivity contribution < 1.29 is 37.9 Å². The van der Waals surface area contributed by atoms with Crippen molar-refractivity contribution in [2.45, 2.75) is 78.1 Å². The Kier molecular flexibility index (Phi) is 26.7. The van der Waals surface area contributed by atoms with Gasteiger partial charge in [-0.2, -0.15) is 15.3 Å². The number of fused-ring (bicyclic) bond motifs is 3. The number of anilines is 2. The first-order valence-electron chi connectivity index (χ1n) is 44.0. The van der Waals surface area contributed by atoms with Gasteiger partial charge in [0, 0.05) is 183 Å². The summed E-state index contributed by atoms with van der Waals surface area (Å²) < 4.78 is 19.1. The van der Waals surface area contributed by atoms with E-state index in [1.54, 1.807) is 67.6 Å². The number of carbonyl (C=O) groups is 6. The maximum absolute atomic E-state index is 13.9. The Balaban J connectivity index is 0.000000137. The van der Waals surface area contributed by atoms with E-state index >= 15 is 0 Å². The van der Waals surface area contributed by atoms with Crippen LogP contribution in [0, 0.1) is 60.6 Å². The molecule has 8 aromatic heterocycles. The number of rotatable bonds is 24. The van der Waals surface area contributed by atoms with Gasteiger partial charge in [0.15, 0.2) is 5.82 Å². The van der Waals surface area contributed by atoms with Gasteiger partial charge in [0.25, 0.3) is 0 Å². The Hall–Kier alpha value is -13.9. The lowest BCUT2D eigenvalue weighted by Crippen LogP contribution is -2.44. The van der Waals surface area contributed by atoms with E-state index in [1.165, 1.54) is 34.4 Å². The minimum atomic E-state index is -0.759. The number of nitrogens with zero attached hydrogens (tertiary/aromatic N) is 15. The second kappa shape index (κ2) is 39.3. The number of carbonyl (C=O) groups excluding carboxylic acids is 6. The molecule has 0 bridgehead atoms. The Bertz CT molecular complexity index is 6500. The van der Waals surface area contributed by atoms with Gasteiger partial charge >= 0.3 is 0 Å². The lowest BCUT2D eigenvalue weighted by molar-refractivity contribution is -0.134. The van der Waals surface area contributed by atoms with Gasteiger partial charge in [0.1, 0.15) is 39.2 Å². The predicted molar refractivity (Wildman–Crippen MR) is 502 cm³/mol. The van der Waals surface area contributed by atoms with Gasteiger partial charge in [0.2, 0.25) is 29.5 Å². The summed E-state index contributed by atoms with van der Waals surface area (Å²) in [6.45, 7) is 12.1. The van der Waals surface area contributed by atoms with Gasteiger partial charge in [-0.15, -0.1) is 36.0 Å². The lowest BCUT2D eigenvalue weighted by atomic mass is 9.81. The first-order chi connectivity index (χ1) is 63.3. The third-order valence-electron chi connectivity index (χ3n) is 25.8. The number of allylic oxidation sites excluding steroid dienone is 4. The first-order valence-corrected chi connectivity index (χ1v) is 44.8. The molecule has 0 saturated carbocycles. The van der Waals surface area contributed by atoms with E-state index in [-0.39, 0.29) is 67.3 Å². The molecule has 660 valence electrons. The maximum Gasteiger partial charge on any atom is 0.237 e. The summed E-state index contributed by atoms with van der Waals surface area (Å²) in [6.07, 6.45) is 39.3. The molecule has 3 atom stereocenters. The molecule has 6 aliphatic heterocycles. The van der Waals surface area contributed by atoms with Crippen LogP contribution >= 0.6 is 11.3 Å². The summed E-state index contributed by atoms with van der Waals surface area (Å²) in [5.74, 6) is 5.84. The van der Waals surface area contributed by atoms with E-state index in [0.717, 1.165) is 115 Å². The molecule has 4 aromatic carbocycles. The molecule has 1 aliphatic carbocycles. The molecule has 0 spiro atoms. The molecule has 7 aliphatic rings. The molecular weight excluding hydrogens is 1660 g/mol. The van der Waals surface area contributed by atoms with Crippen LogP contribution in [-0.4, -0.2) is 237 Å². The van der Waals surface area contributed by atoms with Gasteiger partial charge in [-0.05, 0) is 209 Å². The van der Waals surface area contributed by atoms with Crippen LogP contribution in [0.2, 0.25) is 0 Å². The Morgan fingerprint density at radius 2 is 1.02 bits per heavy atom. The molecule has 19 rings (SSSR count). The largest absolute Gasteiger partial charge is 0.384 e. The highest BCUT2D eigenvalue weighted by molar-refractivity contribution is 7.10. The predicted octanol–water partition coefficient (Wildman–Crippen LogP) is 14.0. The number of Topliss-reactive ketones (excluding diaryl/α,β-unsaturated/α-hetero) is 1. The van der Waals surface area contributed by atoms with E-state index in [2.05, 4.69) is 141 Å². The molecule has 12 aromatic rings. The van der Waals surface area contributed by atoms with Crippen molar-refractivity contribution in [3.63, 3.8) is 0 Å². The first kappa shape index (κ1) is 88.1. The SMILES string of the molecule is C#CCC1(C(=O)Nc2ccc3[nH]nc(-c4ccnc(C)c4)c3c2)CCN(CC(=O)N2CC=C(C3=CCC=C3)CC2)C1.C#CCC1(C(=O)Nc2ccc3[nH]nc(-c4ccnc(C)c4)c3c2)CCN(CC(=O)N2CC=C(c3nccs3)CC2)C1.COC[C@@]1(C(=O)Cc2ccc3[nH]nc(-c4ccc(F)cc4)c3n2)CCN(CC(=O)N2CC=C(c3ccc(-c4ncccn4)cc3)CC2)C1. The van der Waals surface area contributed by atoms with E-state index in [0.29, 0.717) is 145 Å². The van der Waals surface area contributed by atoms with Crippen molar-refractivity contribution >= 4 is 102 Å². The molecule has 14 heterocycles. The number of thiazole rings is 1. The van der Waals surface area contributed by atoms with Crippen molar-refractivity contribution in [1.29, 1.82) is 0 Å². The molecule has 5 N–H and O–H groups in total. The summed E-state index contributed by atoms with van der Waals surface area (Å²) >= 11 is 1.62. The zero-order valence-corrected chi connectivity index (χ0v) is 73.8. The molecule has 5 amide bonds. The average molecular weight is 1760 g/mol. The monoisotopic (exact) mass is 1760 g/mol. The zero-order chi connectivity index (χ0) is 89.9. The fourth-order valence-corrected chi connectivity index (χ4v) is 19.3. The summed E-state index contributed by atoms with van der Waals surface area (Å²) in [5.41, 5.74) is 16.7. The fraction of sp³-hybridized carbons (Fsp3) is 0.317. The number of likely N-dealkylation sites (tertiary alicyclic amines) is 3. The molecule has 0 radical (unpaired) electrons. The number of amides is 5. The number of benzene rings is 4. The number of aromatic amines is 3. The molecule has 29 heteroatoms. The third-order valence-corrected chi connectivity index (χ3v) is 26.6. The molecule has 27 nitrogen and oxygen atoms in total. The van der Waals surface area contributed by atoms with Crippen molar-refractivity contribution in [2.75, 3.05) is 123 Å². The number of pyridine rings is 3. The topological polar surface area (TPSA) is 319 Å². The number of H-pyrrole nitrogens is 3. The van der Waals surface area contributed by atoms with Crippen molar-refractivity contribution in [3.05, 3.63) is 245 Å².